The van der Waals surface area contributed by atoms with Crippen molar-refractivity contribution in [1.29, 1.82) is 0 Å². The Labute approximate surface area is 93.6 Å². The lowest BCUT2D eigenvalue weighted by atomic mass is 10.4. The summed E-state index contributed by atoms with van der Waals surface area (Å²) in [4.78, 5) is 13.6. The van der Waals surface area contributed by atoms with Crippen LogP contribution in [0, 0.1) is 0 Å². The van der Waals surface area contributed by atoms with Gasteiger partial charge in [-0.1, -0.05) is 0 Å². The molecule has 1 unspecified atom stereocenters. The number of aliphatic hydroxyl groups is 1. The Hall–Kier alpha value is -1.18. The van der Waals surface area contributed by atoms with Gasteiger partial charge in [0.2, 0.25) is 15.5 Å². The summed E-state index contributed by atoms with van der Waals surface area (Å²) >= 11 is 0. The molecule has 1 rings (SSSR count). The molecule has 0 bridgehead atoms. The lowest BCUT2D eigenvalue weighted by Crippen LogP contribution is -2.39. The Balaban J connectivity index is 3.23. The van der Waals surface area contributed by atoms with Crippen molar-refractivity contribution in [3.63, 3.8) is 0 Å². The molecule has 90 valence electrons. The zero-order valence-electron chi connectivity index (χ0n) is 9.04. The second kappa shape index (κ2) is 4.77. The van der Waals surface area contributed by atoms with Gasteiger partial charge in [-0.25, -0.2) is 8.42 Å². The number of rotatable bonds is 4. The highest BCUT2D eigenvalue weighted by atomic mass is 32.2. The predicted octanol–water partition coefficient (Wildman–Crippen LogP) is -0.624. The number of sulfonamides is 1. The number of nitrogens with one attached hydrogen (secondary N) is 1. The number of pyridine rings is 1. The number of aromatic amines is 1. The Bertz CT molecular complexity index is 508. The molecule has 1 aromatic heterocycles. The fraction of sp³-hybridized carbons (Fsp3) is 0.444. The SMILES string of the molecule is CC(CO)N(C)S(=O)(=O)c1c[nH]ccc1=O. The van der Waals surface area contributed by atoms with E-state index < -0.39 is 21.5 Å². The summed E-state index contributed by atoms with van der Waals surface area (Å²) in [5.41, 5.74) is -0.573. The van der Waals surface area contributed by atoms with Crippen molar-refractivity contribution in [1.82, 2.24) is 9.29 Å². The Morgan fingerprint density at radius 2 is 2.19 bits per heavy atom. The average Bonchev–Trinajstić information content (AvgIpc) is 2.27. The highest BCUT2D eigenvalue weighted by Crippen LogP contribution is 2.11. The van der Waals surface area contributed by atoms with Gasteiger partial charge >= 0.3 is 0 Å². The van der Waals surface area contributed by atoms with E-state index in [4.69, 9.17) is 5.11 Å². The average molecular weight is 246 g/mol. The van der Waals surface area contributed by atoms with Crippen molar-refractivity contribution >= 4 is 10.0 Å². The molecule has 1 atom stereocenters. The van der Waals surface area contributed by atoms with E-state index in [0.29, 0.717) is 0 Å². The lowest BCUT2D eigenvalue weighted by molar-refractivity contribution is 0.213. The lowest BCUT2D eigenvalue weighted by Gasteiger charge is -2.21. The predicted molar refractivity (Wildman–Crippen MR) is 58.6 cm³/mol. The van der Waals surface area contributed by atoms with Crippen LogP contribution in [0.15, 0.2) is 28.2 Å². The molecule has 1 aromatic rings. The summed E-state index contributed by atoms with van der Waals surface area (Å²) in [6.45, 7) is 1.25. The van der Waals surface area contributed by atoms with Gasteiger partial charge in [0.15, 0.2) is 0 Å². The topological polar surface area (TPSA) is 90.5 Å². The molecule has 2 N–H and O–H groups in total. The summed E-state index contributed by atoms with van der Waals surface area (Å²) in [6.07, 6.45) is 2.50. The highest BCUT2D eigenvalue weighted by molar-refractivity contribution is 7.89. The molecule has 7 heteroatoms. The summed E-state index contributed by atoms with van der Waals surface area (Å²) < 4.78 is 24.9. The molecule has 0 aliphatic heterocycles. The van der Waals surface area contributed by atoms with Crippen LogP contribution in [-0.4, -0.2) is 42.5 Å². The number of likely N-dealkylation sites (N-methyl/N-ethyl adjacent to an activating group) is 1. The molecule has 6 nitrogen and oxygen atoms in total. The van der Waals surface area contributed by atoms with E-state index in [-0.39, 0.29) is 11.5 Å². The summed E-state index contributed by atoms with van der Waals surface area (Å²) in [7, 11) is -2.53. The minimum absolute atomic E-state index is 0.305. The van der Waals surface area contributed by atoms with E-state index in [1.54, 1.807) is 6.92 Å². The molecule has 16 heavy (non-hydrogen) atoms. The van der Waals surface area contributed by atoms with Crippen LogP contribution in [0.1, 0.15) is 6.92 Å². The number of aliphatic hydroxyl groups excluding tert-OH is 1. The number of aromatic nitrogens is 1. The fourth-order valence-electron chi connectivity index (χ4n) is 1.11. The second-order valence-electron chi connectivity index (χ2n) is 3.43. The van der Waals surface area contributed by atoms with Crippen LogP contribution < -0.4 is 5.43 Å². The zero-order chi connectivity index (χ0) is 12.3. The maximum atomic E-state index is 11.9. The first kappa shape index (κ1) is 12.9. The number of hydrogen-bond donors (Lipinski definition) is 2. The smallest absolute Gasteiger partial charge is 0.248 e. The minimum Gasteiger partial charge on any atom is -0.395 e. The molecule has 0 saturated heterocycles. The maximum Gasteiger partial charge on any atom is 0.248 e. The van der Waals surface area contributed by atoms with Crippen molar-refractivity contribution < 1.29 is 13.5 Å². The third-order valence-electron chi connectivity index (χ3n) is 2.33. The summed E-state index contributed by atoms with van der Waals surface area (Å²) in [6, 6.07) is 0.564. The first-order valence-electron chi connectivity index (χ1n) is 4.67. The highest BCUT2D eigenvalue weighted by Gasteiger charge is 2.26. The third kappa shape index (κ3) is 2.31. The second-order valence-corrected chi connectivity index (χ2v) is 5.39. The van der Waals surface area contributed by atoms with Gasteiger partial charge in [-0.15, -0.1) is 0 Å². The van der Waals surface area contributed by atoms with Gasteiger partial charge in [-0.3, -0.25) is 4.79 Å². The van der Waals surface area contributed by atoms with E-state index in [0.717, 1.165) is 16.6 Å². The van der Waals surface area contributed by atoms with E-state index in [2.05, 4.69) is 4.98 Å². The molecular weight excluding hydrogens is 232 g/mol. The summed E-state index contributed by atoms with van der Waals surface area (Å²) in [5, 5.41) is 8.89. The van der Waals surface area contributed by atoms with E-state index in [9.17, 15) is 13.2 Å². The molecule has 0 fully saturated rings. The summed E-state index contributed by atoms with van der Waals surface area (Å²) in [5.74, 6) is 0. The minimum atomic E-state index is -3.85. The van der Waals surface area contributed by atoms with Gasteiger partial charge in [0.1, 0.15) is 4.90 Å². The van der Waals surface area contributed by atoms with E-state index >= 15 is 0 Å². The number of H-pyrrole nitrogens is 1. The van der Waals surface area contributed by atoms with Gasteiger partial charge in [-0.2, -0.15) is 4.31 Å². The molecule has 0 spiro atoms. The Morgan fingerprint density at radius 1 is 1.56 bits per heavy atom. The van der Waals surface area contributed by atoms with Crippen molar-refractivity contribution in [2.24, 2.45) is 0 Å². The van der Waals surface area contributed by atoms with Crippen LogP contribution >= 0.6 is 0 Å². The van der Waals surface area contributed by atoms with Crippen LogP contribution in [0.4, 0.5) is 0 Å². The fourth-order valence-corrected chi connectivity index (χ4v) is 2.50. The van der Waals surface area contributed by atoms with E-state index in [1.807, 2.05) is 0 Å². The number of nitrogens with zero attached hydrogens (tertiary/aromatic N) is 1. The first-order chi connectivity index (χ1) is 7.41. The van der Waals surface area contributed by atoms with Crippen LogP contribution in [0.25, 0.3) is 0 Å². The molecule has 0 saturated carbocycles. The van der Waals surface area contributed by atoms with Crippen molar-refractivity contribution in [3.05, 3.63) is 28.7 Å². The van der Waals surface area contributed by atoms with Gasteiger partial charge < -0.3 is 10.1 Å². The molecular formula is C9H14N2O4S. The molecule has 0 aliphatic carbocycles. The molecule has 0 amide bonds. The van der Waals surface area contributed by atoms with E-state index in [1.165, 1.54) is 13.2 Å². The van der Waals surface area contributed by atoms with Crippen molar-refractivity contribution in [3.8, 4) is 0 Å². The Morgan fingerprint density at radius 3 is 2.69 bits per heavy atom. The normalized spacial score (nSPS) is 14.0. The van der Waals surface area contributed by atoms with Crippen LogP contribution in [-0.2, 0) is 10.0 Å². The molecule has 0 aromatic carbocycles. The van der Waals surface area contributed by atoms with Crippen molar-refractivity contribution in [2.45, 2.75) is 17.9 Å². The first-order valence-corrected chi connectivity index (χ1v) is 6.11. The number of hydrogen-bond acceptors (Lipinski definition) is 4. The standard InChI is InChI=1S/C9H14N2O4S/c1-7(6-12)11(2)16(14,15)9-5-10-4-3-8(9)13/h3-5,7,12H,6H2,1-2H3,(H,10,13). The van der Waals surface area contributed by atoms with Crippen LogP contribution in [0.5, 0.6) is 0 Å². The van der Waals surface area contributed by atoms with Gasteiger partial charge in [0.05, 0.1) is 6.61 Å². The third-order valence-corrected chi connectivity index (χ3v) is 4.32. The van der Waals surface area contributed by atoms with Crippen LogP contribution in [0.3, 0.4) is 0 Å². The maximum absolute atomic E-state index is 11.9. The van der Waals surface area contributed by atoms with Gasteiger partial charge in [0.25, 0.3) is 0 Å². The zero-order valence-corrected chi connectivity index (χ0v) is 9.86. The largest absolute Gasteiger partial charge is 0.395 e. The van der Waals surface area contributed by atoms with Gasteiger partial charge in [0, 0.05) is 31.5 Å². The molecule has 1 heterocycles. The van der Waals surface area contributed by atoms with Gasteiger partial charge in [-0.05, 0) is 6.92 Å². The molecule has 0 aliphatic rings. The van der Waals surface area contributed by atoms with Crippen molar-refractivity contribution in [2.75, 3.05) is 13.7 Å². The Kier molecular flexibility index (Phi) is 3.84. The quantitative estimate of drug-likeness (QED) is 0.740. The monoisotopic (exact) mass is 246 g/mol. The van der Waals surface area contributed by atoms with Crippen LogP contribution in [0.2, 0.25) is 0 Å². The molecule has 0 radical (unpaired) electrons.